The highest BCUT2D eigenvalue weighted by Gasteiger charge is 2.15. The van der Waals surface area contributed by atoms with Gasteiger partial charge in [0.1, 0.15) is 0 Å². The molecule has 0 bridgehead atoms. The molecule has 3 N–H and O–H groups in total. The van der Waals surface area contributed by atoms with Crippen LogP contribution in [0.1, 0.15) is 72.6 Å². The zero-order valence-corrected chi connectivity index (χ0v) is 14.9. The van der Waals surface area contributed by atoms with Crippen molar-refractivity contribution in [1.82, 2.24) is 5.32 Å². The summed E-state index contributed by atoms with van der Waals surface area (Å²) in [6.45, 7) is 15.5. The topological polar surface area (TPSA) is 43.5 Å². The first-order valence-corrected chi connectivity index (χ1v) is 8.41. The molecule has 1 fully saturated rings. The Balaban J connectivity index is -0.000000595. The third kappa shape index (κ3) is 15.3. The van der Waals surface area contributed by atoms with E-state index < -0.39 is 0 Å². The highest BCUT2D eigenvalue weighted by Crippen LogP contribution is 2.23. The van der Waals surface area contributed by atoms with Crippen LogP contribution in [-0.4, -0.2) is 18.1 Å². The predicted molar refractivity (Wildman–Crippen MR) is 98.9 cm³/mol. The van der Waals surface area contributed by atoms with Gasteiger partial charge in [-0.15, -0.1) is 13.2 Å². The van der Waals surface area contributed by atoms with Crippen molar-refractivity contribution in [3.63, 3.8) is 0 Å². The van der Waals surface area contributed by atoms with Gasteiger partial charge in [0, 0.05) is 6.04 Å². The highest BCUT2D eigenvalue weighted by atomic mass is 16.0. The van der Waals surface area contributed by atoms with Gasteiger partial charge in [0.05, 0.1) is 0 Å². The van der Waals surface area contributed by atoms with Crippen LogP contribution < -0.4 is 5.32 Å². The van der Waals surface area contributed by atoms with Crippen molar-refractivity contribution in [2.75, 3.05) is 6.54 Å². The molecule has 0 saturated heterocycles. The minimum atomic E-state index is 0. The largest absolute Gasteiger partial charge is 0.412 e. The molecule has 0 aromatic heterocycles. The van der Waals surface area contributed by atoms with Crippen molar-refractivity contribution < 1.29 is 5.48 Å². The molecule has 0 aromatic carbocycles. The Morgan fingerprint density at radius 2 is 1.90 bits per heavy atom. The maximum absolute atomic E-state index is 3.70. The second kappa shape index (κ2) is 21.4. The maximum atomic E-state index is 3.70. The normalized spacial score (nSPS) is 19.0. The second-order valence-corrected chi connectivity index (χ2v) is 4.81. The van der Waals surface area contributed by atoms with Gasteiger partial charge >= 0.3 is 0 Å². The number of hydrogen-bond acceptors (Lipinski definition) is 1. The van der Waals surface area contributed by atoms with Crippen LogP contribution in [-0.2, 0) is 0 Å². The summed E-state index contributed by atoms with van der Waals surface area (Å²) in [4.78, 5) is 0. The molecule has 0 amide bonds. The van der Waals surface area contributed by atoms with Crippen molar-refractivity contribution in [3.8, 4) is 0 Å². The highest BCUT2D eigenvalue weighted by molar-refractivity contribution is 5.15. The molecule has 0 heterocycles. The quantitative estimate of drug-likeness (QED) is 0.530. The van der Waals surface area contributed by atoms with Gasteiger partial charge in [0.25, 0.3) is 0 Å². The van der Waals surface area contributed by atoms with E-state index in [0.29, 0.717) is 0 Å². The minimum Gasteiger partial charge on any atom is -0.412 e. The van der Waals surface area contributed by atoms with E-state index >= 15 is 0 Å². The average molecular weight is 298 g/mol. The summed E-state index contributed by atoms with van der Waals surface area (Å²) in [7, 11) is 0. The summed E-state index contributed by atoms with van der Waals surface area (Å²) in [6, 6.07) is 0.738. The SMILES string of the molecule is C/C=C\C=C1\CCCC(NCCCCC)C1.C=C.CC.O. The molecule has 21 heavy (non-hydrogen) atoms. The standard InChI is InChI=1S/C15H27N.C2H6.C2H4.H2O/c1-3-5-7-12-16-15-11-8-10-14(13-15)9-6-4-2;2*1-2;/h4,6,9,15-16H,3,5,7-8,10-13H2,1-2H3;1-2H3;1-2H2;1H2/b6-4-,14-9-;;;. The van der Waals surface area contributed by atoms with Crippen LogP contribution in [0.3, 0.4) is 0 Å². The Morgan fingerprint density at radius 1 is 1.24 bits per heavy atom. The zero-order chi connectivity index (χ0) is 15.6. The van der Waals surface area contributed by atoms with E-state index in [1.165, 1.54) is 51.5 Å². The lowest BCUT2D eigenvalue weighted by Crippen LogP contribution is -2.32. The number of nitrogens with one attached hydrogen (secondary N) is 1. The summed E-state index contributed by atoms with van der Waals surface area (Å²) in [5.41, 5.74) is 1.62. The van der Waals surface area contributed by atoms with Gasteiger partial charge in [-0.3, -0.25) is 0 Å². The molecular formula is C19H39NO. The Hall–Kier alpha value is -0.860. The molecule has 1 aliphatic rings. The average Bonchev–Trinajstić information content (AvgIpc) is 2.54. The number of rotatable bonds is 6. The number of unbranched alkanes of at least 4 members (excludes halogenated alkanes) is 2. The number of allylic oxidation sites excluding steroid dienone is 3. The third-order valence-electron chi connectivity index (χ3n) is 3.30. The lowest BCUT2D eigenvalue weighted by atomic mass is 9.90. The molecule has 126 valence electrons. The first-order valence-electron chi connectivity index (χ1n) is 8.41. The molecule has 1 unspecified atom stereocenters. The third-order valence-corrected chi connectivity index (χ3v) is 3.30. The Morgan fingerprint density at radius 3 is 2.48 bits per heavy atom. The molecule has 2 heteroatoms. The lowest BCUT2D eigenvalue weighted by molar-refractivity contribution is 0.420. The number of hydrogen-bond donors (Lipinski definition) is 1. The molecule has 1 aliphatic carbocycles. The van der Waals surface area contributed by atoms with E-state index in [1.54, 1.807) is 5.57 Å². The molecule has 2 nitrogen and oxygen atoms in total. The van der Waals surface area contributed by atoms with Crippen molar-refractivity contribution in [2.45, 2.75) is 78.7 Å². The van der Waals surface area contributed by atoms with Crippen molar-refractivity contribution in [2.24, 2.45) is 0 Å². The van der Waals surface area contributed by atoms with E-state index in [-0.39, 0.29) is 5.48 Å². The van der Waals surface area contributed by atoms with Gasteiger partial charge in [-0.1, -0.05) is 57.4 Å². The molecule has 0 spiro atoms. The van der Waals surface area contributed by atoms with Crippen LogP contribution in [0.4, 0.5) is 0 Å². The fourth-order valence-corrected chi connectivity index (χ4v) is 2.34. The lowest BCUT2D eigenvalue weighted by Gasteiger charge is -2.25. The molecule has 1 atom stereocenters. The fraction of sp³-hybridized carbons (Fsp3) is 0.684. The van der Waals surface area contributed by atoms with Crippen LogP contribution >= 0.6 is 0 Å². The van der Waals surface area contributed by atoms with Crippen LogP contribution in [0, 0.1) is 0 Å². The first-order chi connectivity index (χ1) is 9.86. The Labute approximate surface area is 133 Å². The molecular weight excluding hydrogens is 258 g/mol. The van der Waals surface area contributed by atoms with Crippen LogP contribution in [0.5, 0.6) is 0 Å². The van der Waals surface area contributed by atoms with Gasteiger partial charge < -0.3 is 10.8 Å². The summed E-state index contributed by atoms with van der Waals surface area (Å²) in [6.07, 6.45) is 15.9. The van der Waals surface area contributed by atoms with Crippen LogP contribution in [0.15, 0.2) is 37.0 Å². The summed E-state index contributed by atoms with van der Waals surface area (Å²) >= 11 is 0. The van der Waals surface area contributed by atoms with Crippen molar-refractivity contribution >= 4 is 0 Å². The van der Waals surface area contributed by atoms with Gasteiger partial charge in [-0.2, -0.15) is 0 Å². The van der Waals surface area contributed by atoms with Crippen LogP contribution in [0.2, 0.25) is 0 Å². The molecule has 0 radical (unpaired) electrons. The molecule has 0 aliphatic heterocycles. The van der Waals surface area contributed by atoms with Crippen molar-refractivity contribution in [3.05, 3.63) is 37.0 Å². The minimum absolute atomic E-state index is 0. The zero-order valence-electron chi connectivity index (χ0n) is 14.9. The summed E-state index contributed by atoms with van der Waals surface area (Å²) in [5, 5.41) is 3.70. The fourth-order valence-electron chi connectivity index (χ4n) is 2.34. The molecule has 0 aromatic rings. The second-order valence-electron chi connectivity index (χ2n) is 4.81. The van der Waals surface area contributed by atoms with Gasteiger partial charge in [0.2, 0.25) is 0 Å². The van der Waals surface area contributed by atoms with E-state index in [4.69, 9.17) is 0 Å². The van der Waals surface area contributed by atoms with E-state index in [1.807, 2.05) is 13.8 Å². The molecule has 1 saturated carbocycles. The maximum Gasteiger partial charge on any atom is 0.0104 e. The van der Waals surface area contributed by atoms with Crippen molar-refractivity contribution in [1.29, 1.82) is 0 Å². The Bertz CT molecular complexity index is 246. The predicted octanol–water partition coefficient (Wildman–Crippen LogP) is 5.22. The Kier molecular flexibility index (Phi) is 25.6. The van der Waals surface area contributed by atoms with Gasteiger partial charge in [-0.05, 0) is 45.6 Å². The van der Waals surface area contributed by atoms with E-state index in [2.05, 4.69) is 50.6 Å². The van der Waals surface area contributed by atoms with Gasteiger partial charge in [0.15, 0.2) is 0 Å². The molecule has 1 rings (SSSR count). The van der Waals surface area contributed by atoms with E-state index in [0.717, 1.165) is 6.04 Å². The first kappa shape index (κ1) is 25.1. The summed E-state index contributed by atoms with van der Waals surface area (Å²) in [5.74, 6) is 0. The van der Waals surface area contributed by atoms with E-state index in [9.17, 15) is 0 Å². The monoisotopic (exact) mass is 297 g/mol. The summed E-state index contributed by atoms with van der Waals surface area (Å²) < 4.78 is 0. The smallest absolute Gasteiger partial charge is 0.0104 e. The van der Waals surface area contributed by atoms with Gasteiger partial charge in [-0.25, -0.2) is 0 Å². The van der Waals surface area contributed by atoms with Crippen LogP contribution in [0.25, 0.3) is 0 Å².